The van der Waals surface area contributed by atoms with Gasteiger partial charge in [-0.25, -0.2) is 13.1 Å². The van der Waals surface area contributed by atoms with Crippen molar-refractivity contribution in [3.63, 3.8) is 0 Å². The second-order valence-electron chi connectivity index (χ2n) is 8.04. The number of carbonyl (C=O) groups is 1. The Morgan fingerprint density at radius 2 is 1.69 bits per heavy atom. The van der Waals surface area contributed by atoms with Crippen LogP contribution in [0, 0.1) is 6.92 Å². The van der Waals surface area contributed by atoms with E-state index in [1.165, 1.54) is 6.07 Å². The molecule has 0 aromatic heterocycles. The molecule has 0 bridgehead atoms. The number of sulfonamides is 1. The van der Waals surface area contributed by atoms with Crippen molar-refractivity contribution in [1.29, 1.82) is 0 Å². The first kappa shape index (κ1) is 22.0. The van der Waals surface area contributed by atoms with Crippen LogP contribution >= 0.6 is 0 Å². The molecule has 3 aromatic carbocycles. The van der Waals surface area contributed by atoms with Gasteiger partial charge >= 0.3 is 0 Å². The van der Waals surface area contributed by atoms with Crippen molar-refractivity contribution in [1.82, 2.24) is 9.62 Å². The molecule has 1 amide bonds. The van der Waals surface area contributed by atoms with E-state index >= 15 is 0 Å². The third-order valence-corrected chi connectivity index (χ3v) is 7.20. The molecule has 2 N–H and O–H groups in total. The van der Waals surface area contributed by atoms with Gasteiger partial charge in [0.1, 0.15) is 0 Å². The van der Waals surface area contributed by atoms with Crippen LogP contribution in [0.25, 0.3) is 0 Å². The number of nitrogens with one attached hydrogen (secondary N) is 2. The molecule has 7 heteroatoms. The van der Waals surface area contributed by atoms with Crippen molar-refractivity contribution < 1.29 is 13.2 Å². The van der Waals surface area contributed by atoms with Gasteiger partial charge < -0.3 is 10.2 Å². The molecular formula is C25H27N3O3S. The van der Waals surface area contributed by atoms with Crippen molar-refractivity contribution in [3.05, 3.63) is 95.6 Å². The van der Waals surface area contributed by atoms with Crippen LogP contribution in [0.1, 0.15) is 27.9 Å². The minimum atomic E-state index is -3.75. The lowest BCUT2D eigenvalue weighted by atomic mass is 10.1. The highest BCUT2D eigenvalue weighted by Gasteiger charge is 2.28. The number of hydrogen-bond acceptors (Lipinski definition) is 4. The van der Waals surface area contributed by atoms with E-state index in [4.69, 9.17) is 0 Å². The zero-order chi connectivity index (χ0) is 22.6. The summed E-state index contributed by atoms with van der Waals surface area (Å²) in [6.45, 7) is 3.14. The summed E-state index contributed by atoms with van der Waals surface area (Å²) in [6, 6.07) is 24.3. The smallest absolute Gasteiger partial charge is 0.253 e. The van der Waals surface area contributed by atoms with Crippen molar-refractivity contribution in [2.75, 3.05) is 18.4 Å². The van der Waals surface area contributed by atoms with Gasteiger partial charge in [-0.05, 0) is 48.7 Å². The molecule has 1 atom stereocenters. The molecule has 1 saturated heterocycles. The van der Waals surface area contributed by atoms with Crippen LogP contribution < -0.4 is 10.0 Å². The average Bonchev–Trinajstić information content (AvgIpc) is 3.27. The maximum absolute atomic E-state index is 13.1. The number of aryl methyl sites for hydroxylation is 1. The van der Waals surface area contributed by atoms with Crippen LogP contribution in [-0.4, -0.2) is 38.4 Å². The van der Waals surface area contributed by atoms with E-state index in [0.29, 0.717) is 24.2 Å². The summed E-state index contributed by atoms with van der Waals surface area (Å²) < 4.78 is 28.5. The largest absolute Gasteiger partial charge is 0.380 e. The van der Waals surface area contributed by atoms with Gasteiger partial charge in [-0.3, -0.25) is 4.79 Å². The van der Waals surface area contributed by atoms with Gasteiger partial charge in [0.25, 0.3) is 5.91 Å². The van der Waals surface area contributed by atoms with Gasteiger partial charge in [0, 0.05) is 36.9 Å². The fraction of sp³-hybridized carbons (Fsp3) is 0.240. The third kappa shape index (κ3) is 5.18. The van der Waals surface area contributed by atoms with Gasteiger partial charge in [0.05, 0.1) is 4.90 Å². The maximum Gasteiger partial charge on any atom is 0.253 e. The number of amides is 1. The van der Waals surface area contributed by atoms with Gasteiger partial charge in [0.15, 0.2) is 0 Å². The predicted molar refractivity (Wildman–Crippen MR) is 126 cm³/mol. The lowest BCUT2D eigenvalue weighted by Gasteiger charge is -2.19. The van der Waals surface area contributed by atoms with Crippen LogP contribution in [0.3, 0.4) is 0 Å². The molecule has 166 valence electrons. The Balaban J connectivity index is 1.45. The predicted octanol–water partition coefficient (Wildman–Crippen LogP) is 3.80. The van der Waals surface area contributed by atoms with E-state index in [9.17, 15) is 13.2 Å². The summed E-state index contributed by atoms with van der Waals surface area (Å²) in [4.78, 5) is 15.0. The van der Waals surface area contributed by atoms with Crippen LogP contribution in [0.5, 0.6) is 0 Å². The lowest BCUT2D eigenvalue weighted by Crippen LogP contribution is -2.32. The van der Waals surface area contributed by atoms with Crippen LogP contribution in [0.15, 0.2) is 83.8 Å². The molecule has 32 heavy (non-hydrogen) atoms. The summed E-state index contributed by atoms with van der Waals surface area (Å²) in [5.74, 6) is -0.151. The molecule has 1 aliphatic heterocycles. The fourth-order valence-electron chi connectivity index (χ4n) is 3.89. The van der Waals surface area contributed by atoms with Crippen LogP contribution in [0.4, 0.5) is 5.69 Å². The second-order valence-corrected chi connectivity index (χ2v) is 9.77. The van der Waals surface area contributed by atoms with Crippen molar-refractivity contribution in [2.45, 2.75) is 30.8 Å². The molecule has 1 unspecified atom stereocenters. The zero-order valence-electron chi connectivity index (χ0n) is 18.0. The topological polar surface area (TPSA) is 78.5 Å². The Morgan fingerprint density at radius 3 is 2.41 bits per heavy atom. The Hall–Kier alpha value is -3.16. The highest BCUT2D eigenvalue weighted by molar-refractivity contribution is 7.89. The van der Waals surface area contributed by atoms with Crippen LogP contribution in [0.2, 0.25) is 0 Å². The number of benzene rings is 3. The van der Waals surface area contributed by atoms with E-state index in [0.717, 1.165) is 17.7 Å². The minimum Gasteiger partial charge on any atom is -0.380 e. The highest BCUT2D eigenvalue weighted by atomic mass is 32.2. The molecule has 1 heterocycles. The normalized spacial score (nSPS) is 16.2. The number of likely N-dealkylation sites (tertiary alicyclic amines) is 1. The number of rotatable bonds is 7. The molecule has 1 fully saturated rings. The summed E-state index contributed by atoms with van der Waals surface area (Å²) in [6.07, 6.45) is 0.844. The molecule has 0 radical (unpaired) electrons. The zero-order valence-corrected chi connectivity index (χ0v) is 18.8. The van der Waals surface area contributed by atoms with Crippen LogP contribution in [-0.2, 0) is 16.6 Å². The first-order valence-electron chi connectivity index (χ1n) is 10.7. The van der Waals surface area contributed by atoms with E-state index in [2.05, 4.69) is 10.0 Å². The van der Waals surface area contributed by atoms with E-state index in [1.807, 2.05) is 60.7 Å². The van der Waals surface area contributed by atoms with Gasteiger partial charge in [-0.15, -0.1) is 0 Å². The van der Waals surface area contributed by atoms with Gasteiger partial charge in [0.2, 0.25) is 10.0 Å². The molecule has 0 aliphatic carbocycles. The standard InChI is InChI=1S/C25H27N3O3S/c1-19-12-13-21(16-24(19)32(30,31)26-17-20-8-4-2-5-9-20)25(29)28-15-14-23(18-28)27-22-10-6-3-7-11-22/h2-13,16,23,26-27H,14-15,17-18H2,1H3. The Labute approximate surface area is 189 Å². The summed E-state index contributed by atoms with van der Waals surface area (Å²) >= 11 is 0. The average molecular weight is 450 g/mol. The SMILES string of the molecule is Cc1ccc(C(=O)N2CCC(Nc3ccccc3)C2)cc1S(=O)(=O)NCc1ccccc1. The molecule has 0 spiro atoms. The number of carbonyl (C=O) groups excluding carboxylic acids is 1. The first-order chi connectivity index (χ1) is 15.4. The lowest BCUT2D eigenvalue weighted by molar-refractivity contribution is 0.0791. The number of hydrogen-bond donors (Lipinski definition) is 2. The van der Waals surface area contributed by atoms with E-state index < -0.39 is 10.0 Å². The van der Waals surface area contributed by atoms with E-state index in [1.54, 1.807) is 24.0 Å². The minimum absolute atomic E-state index is 0.137. The summed E-state index contributed by atoms with van der Waals surface area (Å²) in [5.41, 5.74) is 2.89. The fourth-order valence-corrected chi connectivity index (χ4v) is 5.18. The number of para-hydroxylation sites is 1. The Bertz CT molecular complexity index is 1180. The Morgan fingerprint density at radius 1 is 1.00 bits per heavy atom. The van der Waals surface area contributed by atoms with E-state index in [-0.39, 0.29) is 23.4 Å². The third-order valence-electron chi connectivity index (χ3n) is 5.65. The molecule has 6 nitrogen and oxygen atoms in total. The second kappa shape index (κ2) is 9.54. The maximum atomic E-state index is 13.1. The van der Waals surface area contributed by atoms with Gasteiger partial charge in [-0.2, -0.15) is 0 Å². The number of anilines is 1. The molecule has 3 aromatic rings. The Kier molecular flexibility index (Phi) is 6.58. The van der Waals surface area contributed by atoms with Gasteiger partial charge in [-0.1, -0.05) is 54.6 Å². The number of nitrogens with zero attached hydrogens (tertiary/aromatic N) is 1. The monoisotopic (exact) mass is 449 g/mol. The quantitative estimate of drug-likeness (QED) is 0.575. The van der Waals surface area contributed by atoms with Crippen molar-refractivity contribution in [3.8, 4) is 0 Å². The summed E-state index contributed by atoms with van der Waals surface area (Å²) in [5, 5.41) is 3.45. The van der Waals surface area contributed by atoms with Crippen molar-refractivity contribution >= 4 is 21.6 Å². The highest BCUT2D eigenvalue weighted by Crippen LogP contribution is 2.22. The molecule has 1 aliphatic rings. The molecular weight excluding hydrogens is 422 g/mol. The molecule has 4 rings (SSSR count). The van der Waals surface area contributed by atoms with Crippen molar-refractivity contribution in [2.24, 2.45) is 0 Å². The molecule has 0 saturated carbocycles. The summed E-state index contributed by atoms with van der Waals surface area (Å²) in [7, 11) is -3.75. The first-order valence-corrected chi connectivity index (χ1v) is 12.2.